The fraction of sp³-hybridized carbons (Fsp3) is 0.750. The number of nitrogens with one attached hydrogen (secondary N) is 1. The molecule has 0 fully saturated rings. The minimum Gasteiger partial charge on any atom is -0.304 e. The highest BCUT2D eigenvalue weighted by atomic mass is 15.0. The monoisotopic (exact) mass is 125 g/mol. The fourth-order valence-electron chi connectivity index (χ4n) is 1.45. The van der Waals surface area contributed by atoms with E-state index in [1.54, 1.807) is 0 Å². The van der Waals surface area contributed by atoms with Crippen LogP contribution in [0.25, 0.3) is 0 Å². The lowest BCUT2D eigenvalue weighted by Crippen LogP contribution is -2.28. The average Bonchev–Trinajstić information content (AvgIpc) is 2.10. The molecule has 1 N–H and O–H groups in total. The van der Waals surface area contributed by atoms with Gasteiger partial charge in [0.05, 0.1) is 0 Å². The Labute approximate surface area is 57.1 Å². The van der Waals surface area contributed by atoms with Crippen molar-refractivity contribution in [3.05, 3.63) is 11.6 Å². The van der Waals surface area contributed by atoms with Crippen molar-refractivity contribution in [1.82, 2.24) is 5.32 Å². The largest absolute Gasteiger partial charge is 0.304 e. The second-order valence-corrected chi connectivity index (χ2v) is 2.83. The van der Waals surface area contributed by atoms with E-state index in [1.807, 2.05) is 0 Å². The molecule has 0 saturated heterocycles. The first kappa shape index (κ1) is 6.81. The Bertz CT molecular complexity index is 127. The van der Waals surface area contributed by atoms with Crippen LogP contribution in [0.4, 0.5) is 0 Å². The van der Waals surface area contributed by atoms with Crippen molar-refractivity contribution in [2.45, 2.75) is 39.3 Å². The van der Waals surface area contributed by atoms with Gasteiger partial charge < -0.3 is 5.32 Å². The summed E-state index contributed by atoms with van der Waals surface area (Å²) in [6.45, 7) is 6.61. The Kier molecular flexibility index (Phi) is 1.91. The van der Waals surface area contributed by atoms with Gasteiger partial charge in [-0.05, 0) is 20.3 Å². The first-order valence-corrected chi connectivity index (χ1v) is 3.68. The molecule has 2 atom stereocenters. The van der Waals surface area contributed by atoms with Gasteiger partial charge in [-0.1, -0.05) is 18.6 Å². The summed E-state index contributed by atoms with van der Waals surface area (Å²) in [5, 5.41) is 3.46. The van der Waals surface area contributed by atoms with Crippen LogP contribution in [0.3, 0.4) is 0 Å². The molecule has 0 aromatic rings. The molecule has 0 saturated carbocycles. The Morgan fingerprint density at radius 2 is 2.33 bits per heavy atom. The van der Waals surface area contributed by atoms with Crippen molar-refractivity contribution in [1.29, 1.82) is 0 Å². The van der Waals surface area contributed by atoms with Crippen LogP contribution in [0, 0.1) is 0 Å². The van der Waals surface area contributed by atoms with Gasteiger partial charge in [0.2, 0.25) is 0 Å². The summed E-state index contributed by atoms with van der Waals surface area (Å²) in [4.78, 5) is 0. The molecule has 1 heterocycles. The summed E-state index contributed by atoms with van der Waals surface area (Å²) in [6, 6.07) is 1.25. The van der Waals surface area contributed by atoms with Crippen LogP contribution in [-0.4, -0.2) is 12.1 Å². The number of hydrogen-bond donors (Lipinski definition) is 1. The van der Waals surface area contributed by atoms with Crippen molar-refractivity contribution in [3.63, 3.8) is 0 Å². The van der Waals surface area contributed by atoms with E-state index in [9.17, 15) is 0 Å². The molecule has 1 aliphatic rings. The Balaban J connectivity index is 2.53. The molecule has 1 aliphatic heterocycles. The van der Waals surface area contributed by atoms with Crippen molar-refractivity contribution in [2.24, 2.45) is 0 Å². The highest BCUT2D eigenvalue weighted by Crippen LogP contribution is 2.13. The SMILES string of the molecule is CCC1NC(C)C=C1C. The molecule has 1 nitrogen and oxygen atoms in total. The Morgan fingerprint density at radius 3 is 2.56 bits per heavy atom. The van der Waals surface area contributed by atoms with E-state index in [2.05, 4.69) is 32.2 Å². The summed E-state index contributed by atoms with van der Waals surface area (Å²) in [5.74, 6) is 0. The smallest absolute Gasteiger partial charge is 0.0280 e. The third kappa shape index (κ3) is 1.33. The summed E-state index contributed by atoms with van der Waals surface area (Å²) in [7, 11) is 0. The number of hydrogen-bond acceptors (Lipinski definition) is 1. The third-order valence-electron chi connectivity index (χ3n) is 1.93. The van der Waals surface area contributed by atoms with E-state index in [0.29, 0.717) is 12.1 Å². The second kappa shape index (κ2) is 2.53. The predicted molar refractivity (Wildman–Crippen MR) is 40.4 cm³/mol. The molecule has 0 aromatic carbocycles. The van der Waals surface area contributed by atoms with E-state index in [0.717, 1.165) is 0 Å². The lowest BCUT2D eigenvalue weighted by Gasteiger charge is -2.10. The van der Waals surface area contributed by atoms with Crippen molar-refractivity contribution in [3.8, 4) is 0 Å². The van der Waals surface area contributed by atoms with Crippen molar-refractivity contribution < 1.29 is 0 Å². The van der Waals surface area contributed by atoms with E-state index in [-0.39, 0.29) is 0 Å². The van der Waals surface area contributed by atoms with Gasteiger partial charge in [-0.25, -0.2) is 0 Å². The topological polar surface area (TPSA) is 12.0 Å². The quantitative estimate of drug-likeness (QED) is 0.526. The van der Waals surface area contributed by atoms with Gasteiger partial charge >= 0.3 is 0 Å². The van der Waals surface area contributed by atoms with Crippen LogP contribution in [0.1, 0.15) is 27.2 Å². The van der Waals surface area contributed by atoms with Crippen molar-refractivity contribution in [2.75, 3.05) is 0 Å². The lowest BCUT2D eigenvalue weighted by atomic mass is 10.1. The highest BCUT2D eigenvalue weighted by Gasteiger charge is 2.16. The summed E-state index contributed by atoms with van der Waals surface area (Å²) in [6.07, 6.45) is 3.51. The van der Waals surface area contributed by atoms with Gasteiger partial charge in [-0.3, -0.25) is 0 Å². The van der Waals surface area contributed by atoms with Crippen molar-refractivity contribution >= 4 is 0 Å². The van der Waals surface area contributed by atoms with E-state index in [4.69, 9.17) is 0 Å². The lowest BCUT2D eigenvalue weighted by molar-refractivity contribution is 0.565. The van der Waals surface area contributed by atoms with E-state index in [1.165, 1.54) is 12.0 Å². The zero-order valence-corrected chi connectivity index (χ0v) is 6.44. The molecular formula is C8H15N. The molecule has 0 bridgehead atoms. The molecule has 0 spiro atoms. The molecule has 0 aromatic heterocycles. The molecule has 2 unspecified atom stereocenters. The zero-order chi connectivity index (χ0) is 6.85. The normalized spacial score (nSPS) is 34.8. The fourth-order valence-corrected chi connectivity index (χ4v) is 1.45. The van der Waals surface area contributed by atoms with Crippen LogP contribution in [0.15, 0.2) is 11.6 Å². The molecule has 0 radical (unpaired) electrons. The summed E-state index contributed by atoms with van der Waals surface area (Å²) >= 11 is 0. The van der Waals surface area contributed by atoms with Gasteiger partial charge in [-0.15, -0.1) is 0 Å². The Morgan fingerprint density at radius 1 is 1.67 bits per heavy atom. The minimum absolute atomic E-state index is 0.593. The molecule has 52 valence electrons. The molecule has 0 aliphatic carbocycles. The average molecular weight is 125 g/mol. The van der Waals surface area contributed by atoms with Gasteiger partial charge in [0.15, 0.2) is 0 Å². The van der Waals surface area contributed by atoms with Crippen LogP contribution >= 0.6 is 0 Å². The maximum atomic E-state index is 3.46. The number of rotatable bonds is 1. The first-order chi connectivity index (χ1) is 4.24. The molecule has 1 rings (SSSR count). The third-order valence-corrected chi connectivity index (χ3v) is 1.93. The van der Waals surface area contributed by atoms with Crippen LogP contribution < -0.4 is 5.32 Å². The minimum atomic E-state index is 0.593. The van der Waals surface area contributed by atoms with E-state index >= 15 is 0 Å². The second-order valence-electron chi connectivity index (χ2n) is 2.83. The van der Waals surface area contributed by atoms with Crippen LogP contribution in [0.2, 0.25) is 0 Å². The summed E-state index contributed by atoms with van der Waals surface area (Å²) < 4.78 is 0. The maximum Gasteiger partial charge on any atom is 0.0280 e. The summed E-state index contributed by atoms with van der Waals surface area (Å²) in [5.41, 5.74) is 1.50. The van der Waals surface area contributed by atoms with E-state index < -0.39 is 0 Å². The van der Waals surface area contributed by atoms with Crippen LogP contribution in [-0.2, 0) is 0 Å². The molecule has 9 heavy (non-hydrogen) atoms. The van der Waals surface area contributed by atoms with Gasteiger partial charge in [-0.2, -0.15) is 0 Å². The van der Waals surface area contributed by atoms with Gasteiger partial charge in [0.25, 0.3) is 0 Å². The molecular weight excluding hydrogens is 110 g/mol. The van der Waals surface area contributed by atoms with Crippen LogP contribution in [0.5, 0.6) is 0 Å². The zero-order valence-electron chi connectivity index (χ0n) is 6.44. The standard InChI is InChI=1S/C8H15N/c1-4-8-6(2)5-7(3)9-8/h5,7-9H,4H2,1-3H3. The Hall–Kier alpha value is -0.300. The van der Waals surface area contributed by atoms with Gasteiger partial charge in [0.1, 0.15) is 0 Å². The molecule has 0 amide bonds. The molecule has 1 heteroatoms. The first-order valence-electron chi connectivity index (χ1n) is 3.68. The maximum absolute atomic E-state index is 3.46. The van der Waals surface area contributed by atoms with Gasteiger partial charge in [0, 0.05) is 12.1 Å². The predicted octanol–water partition coefficient (Wildman–Crippen LogP) is 1.70. The highest BCUT2D eigenvalue weighted by molar-refractivity contribution is 5.17.